The van der Waals surface area contributed by atoms with Gasteiger partial charge in [-0.15, -0.1) is 10.2 Å². The summed E-state index contributed by atoms with van der Waals surface area (Å²) in [5.74, 6) is 1.27. The van der Waals surface area contributed by atoms with E-state index < -0.39 is 0 Å². The second-order valence-electron chi connectivity index (χ2n) is 4.37. The van der Waals surface area contributed by atoms with Crippen molar-refractivity contribution >= 4 is 15.9 Å². The van der Waals surface area contributed by atoms with Crippen LogP contribution in [0, 0.1) is 5.82 Å². The molecule has 1 saturated carbocycles. The molecule has 0 atom stereocenters. The van der Waals surface area contributed by atoms with E-state index in [-0.39, 0.29) is 5.82 Å². The highest BCUT2D eigenvalue weighted by Gasteiger charge is 2.29. The Bertz CT molecular complexity index is 592. The van der Waals surface area contributed by atoms with Gasteiger partial charge in [0.2, 0.25) is 0 Å². The van der Waals surface area contributed by atoms with Gasteiger partial charge in [0.25, 0.3) is 0 Å². The van der Waals surface area contributed by atoms with Crippen LogP contribution in [-0.4, -0.2) is 14.8 Å². The van der Waals surface area contributed by atoms with E-state index in [1.54, 1.807) is 12.1 Å². The monoisotopic (exact) mass is 310 g/mol. The van der Waals surface area contributed by atoms with Gasteiger partial charge >= 0.3 is 0 Å². The van der Waals surface area contributed by atoms with Crippen LogP contribution in [0.3, 0.4) is 0 Å². The summed E-state index contributed by atoms with van der Waals surface area (Å²) in [6.07, 6.45) is 2.25. The van der Waals surface area contributed by atoms with Gasteiger partial charge in [0.05, 0.1) is 11.0 Å². The van der Waals surface area contributed by atoms with Crippen molar-refractivity contribution < 1.29 is 4.39 Å². The van der Waals surface area contributed by atoms with Crippen molar-refractivity contribution in [2.45, 2.75) is 25.4 Å². The molecule has 94 valence electrons. The van der Waals surface area contributed by atoms with E-state index in [4.69, 9.17) is 5.73 Å². The third-order valence-electron chi connectivity index (χ3n) is 3.04. The van der Waals surface area contributed by atoms with Crippen LogP contribution in [0.25, 0.3) is 11.4 Å². The smallest absolute Gasteiger partial charge is 0.164 e. The first kappa shape index (κ1) is 11.8. The Hall–Kier alpha value is -1.27. The Balaban J connectivity index is 2.10. The maximum Gasteiger partial charge on any atom is 0.164 e. The molecule has 0 radical (unpaired) electrons. The maximum absolute atomic E-state index is 13.2. The Kier molecular flexibility index (Phi) is 2.91. The molecule has 1 fully saturated rings. The van der Waals surface area contributed by atoms with E-state index in [1.807, 2.05) is 0 Å². The summed E-state index contributed by atoms with van der Waals surface area (Å²) in [5.41, 5.74) is 6.52. The predicted molar refractivity (Wildman–Crippen MR) is 69.3 cm³/mol. The molecule has 4 nitrogen and oxygen atoms in total. The van der Waals surface area contributed by atoms with E-state index >= 15 is 0 Å². The number of hydrogen-bond acceptors (Lipinski definition) is 3. The zero-order chi connectivity index (χ0) is 12.7. The van der Waals surface area contributed by atoms with Gasteiger partial charge in [-0.1, -0.05) is 0 Å². The number of aromatic nitrogens is 3. The molecule has 0 unspecified atom stereocenters. The minimum atomic E-state index is -0.282. The second-order valence-corrected chi connectivity index (χ2v) is 5.23. The highest BCUT2D eigenvalue weighted by atomic mass is 79.9. The van der Waals surface area contributed by atoms with E-state index in [2.05, 4.69) is 30.7 Å². The summed E-state index contributed by atoms with van der Waals surface area (Å²) in [6.45, 7) is 0.367. The van der Waals surface area contributed by atoms with Gasteiger partial charge in [0.15, 0.2) is 5.82 Å². The van der Waals surface area contributed by atoms with Gasteiger partial charge in [-0.05, 0) is 47.0 Å². The molecule has 1 aromatic carbocycles. The van der Waals surface area contributed by atoms with Crippen molar-refractivity contribution in [1.82, 2.24) is 14.8 Å². The maximum atomic E-state index is 13.2. The fourth-order valence-corrected chi connectivity index (χ4v) is 2.39. The molecule has 0 spiro atoms. The number of nitrogens with two attached hydrogens (primary N) is 1. The van der Waals surface area contributed by atoms with Crippen LogP contribution in [0.15, 0.2) is 22.7 Å². The summed E-state index contributed by atoms with van der Waals surface area (Å²) < 4.78 is 15.7. The zero-order valence-corrected chi connectivity index (χ0v) is 11.2. The lowest BCUT2D eigenvalue weighted by Gasteiger charge is -2.08. The van der Waals surface area contributed by atoms with Crippen molar-refractivity contribution in [2.24, 2.45) is 5.73 Å². The molecule has 0 saturated heterocycles. The Morgan fingerprint density at radius 3 is 2.78 bits per heavy atom. The average molecular weight is 311 g/mol. The van der Waals surface area contributed by atoms with Crippen molar-refractivity contribution in [2.75, 3.05) is 0 Å². The number of halogens is 2. The van der Waals surface area contributed by atoms with Crippen LogP contribution in [0.5, 0.6) is 0 Å². The van der Waals surface area contributed by atoms with Crippen molar-refractivity contribution in [3.05, 3.63) is 34.3 Å². The number of benzene rings is 1. The van der Waals surface area contributed by atoms with Crippen molar-refractivity contribution in [3.63, 3.8) is 0 Å². The fourth-order valence-electron chi connectivity index (χ4n) is 2.01. The SMILES string of the molecule is NCc1nnc(-c2ccc(F)c(Br)c2)n1C1CC1. The van der Waals surface area contributed by atoms with E-state index in [1.165, 1.54) is 6.07 Å². The molecule has 0 bridgehead atoms. The van der Waals surface area contributed by atoms with Gasteiger partial charge < -0.3 is 10.3 Å². The molecular formula is C12H12BrFN4. The van der Waals surface area contributed by atoms with Crippen molar-refractivity contribution in [1.29, 1.82) is 0 Å². The van der Waals surface area contributed by atoms with Crippen LogP contribution in [0.1, 0.15) is 24.7 Å². The van der Waals surface area contributed by atoms with Gasteiger partial charge in [-0.3, -0.25) is 0 Å². The summed E-state index contributed by atoms with van der Waals surface area (Å²) in [5, 5.41) is 8.28. The molecule has 1 aromatic heterocycles. The molecule has 1 aliphatic rings. The topological polar surface area (TPSA) is 56.7 Å². The first-order valence-electron chi connectivity index (χ1n) is 5.80. The largest absolute Gasteiger partial charge is 0.324 e. The molecular weight excluding hydrogens is 299 g/mol. The molecule has 2 aromatic rings. The minimum Gasteiger partial charge on any atom is -0.324 e. The van der Waals surface area contributed by atoms with E-state index in [9.17, 15) is 4.39 Å². The van der Waals surface area contributed by atoms with Crippen LogP contribution in [0.4, 0.5) is 4.39 Å². The molecule has 6 heteroatoms. The highest BCUT2D eigenvalue weighted by Crippen LogP contribution is 2.39. The molecule has 0 aliphatic heterocycles. The standard InChI is InChI=1S/C12H12BrFN4/c13-9-5-7(1-4-10(9)14)12-17-16-11(6-15)18(12)8-2-3-8/h1,4-5,8H,2-3,6,15H2. The quantitative estimate of drug-likeness (QED) is 0.948. The van der Waals surface area contributed by atoms with Gasteiger partial charge in [0.1, 0.15) is 11.6 Å². The average Bonchev–Trinajstić information content (AvgIpc) is 3.12. The second kappa shape index (κ2) is 4.44. The van der Waals surface area contributed by atoms with Gasteiger partial charge in [0, 0.05) is 11.6 Å². The highest BCUT2D eigenvalue weighted by molar-refractivity contribution is 9.10. The lowest BCUT2D eigenvalue weighted by Crippen LogP contribution is -2.08. The van der Waals surface area contributed by atoms with E-state index in [0.717, 1.165) is 30.1 Å². The Morgan fingerprint density at radius 2 is 2.17 bits per heavy atom. The lowest BCUT2D eigenvalue weighted by molar-refractivity contribution is 0.621. The Morgan fingerprint density at radius 1 is 1.39 bits per heavy atom. The molecule has 2 N–H and O–H groups in total. The molecule has 1 heterocycles. The van der Waals surface area contributed by atoms with Gasteiger partial charge in [-0.25, -0.2) is 4.39 Å². The van der Waals surface area contributed by atoms with Crippen LogP contribution in [0.2, 0.25) is 0 Å². The third-order valence-corrected chi connectivity index (χ3v) is 3.65. The first-order chi connectivity index (χ1) is 8.70. The predicted octanol–water partition coefficient (Wildman–Crippen LogP) is 2.64. The third kappa shape index (κ3) is 1.95. The van der Waals surface area contributed by atoms with Crippen molar-refractivity contribution in [3.8, 4) is 11.4 Å². The normalized spacial score (nSPS) is 15.1. The van der Waals surface area contributed by atoms with E-state index in [0.29, 0.717) is 17.1 Å². The number of rotatable bonds is 3. The number of hydrogen-bond donors (Lipinski definition) is 1. The minimum absolute atomic E-state index is 0.282. The molecule has 3 rings (SSSR count). The molecule has 1 aliphatic carbocycles. The van der Waals surface area contributed by atoms with Crippen LogP contribution >= 0.6 is 15.9 Å². The summed E-state index contributed by atoms with van der Waals surface area (Å²) in [7, 11) is 0. The summed E-state index contributed by atoms with van der Waals surface area (Å²) in [4.78, 5) is 0. The lowest BCUT2D eigenvalue weighted by atomic mass is 10.2. The van der Waals surface area contributed by atoms with Gasteiger partial charge in [-0.2, -0.15) is 0 Å². The molecule has 0 amide bonds. The molecule has 18 heavy (non-hydrogen) atoms. The number of nitrogens with zero attached hydrogens (tertiary/aromatic N) is 3. The van der Waals surface area contributed by atoms with Crippen LogP contribution < -0.4 is 5.73 Å². The Labute approximate surface area is 112 Å². The fraction of sp³-hybridized carbons (Fsp3) is 0.333. The summed E-state index contributed by atoms with van der Waals surface area (Å²) >= 11 is 3.19. The zero-order valence-electron chi connectivity index (χ0n) is 9.61. The van der Waals surface area contributed by atoms with Crippen LogP contribution in [-0.2, 0) is 6.54 Å². The first-order valence-corrected chi connectivity index (χ1v) is 6.59. The summed E-state index contributed by atoms with van der Waals surface area (Å²) in [6, 6.07) is 5.30.